The van der Waals surface area contributed by atoms with Gasteiger partial charge in [-0.2, -0.15) is 0 Å². The van der Waals surface area contributed by atoms with Crippen molar-refractivity contribution in [2.45, 2.75) is 18.4 Å². The summed E-state index contributed by atoms with van der Waals surface area (Å²) in [5, 5.41) is 0.814. The summed E-state index contributed by atoms with van der Waals surface area (Å²) < 4.78 is 4.83. The van der Waals surface area contributed by atoms with E-state index in [-0.39, 0.29) is 11.9 Å². The normalized spacial score (nSPS) is 23.8. The van der Waals surface area contributed by atoms with E-state index in [4.69, 9.17) is 16.3 Å². The number of hydrogen-bond acceptors (Lipinski definition) is 4. The molecule has 25 heavy (non-hydrogen) atoms. The molecule has 0 aromatic heterocycles. The number of benzene rings is 2. The number of hydrogen-bond donors (Lipinski definition) is 0. The summed E-state index contributed by atoms with van der Waals surface area (Å²) in [6.07, 6.45) is 1.20. The van der Waals surface area contributed by atoms with Crippen molar-refractivity contribution >= 4 is 34.6 Å². The van der Waals surface area contributed by atoms with Crippen LogP contribution in [0.2, 0.25) is 5.02 Å². The van der Waals surface area contributed by atoms with Gasteiger partial charge >= 0.3 is 5.97 Å². The van der Waals surface area contributed by atoms with Gasteiger partial charge in [0.25, 0.3) is 0 Å². The first-order chi connectivity index (χ1) is 12.2. The van der Waals surface area contributed by atoms with E-state index in [1.165, 1.54) is 30.5 Å². The molecule has 2 unspecified atom stereocenters. The fourth-order valence-electron chi connectivity index (χ4n) is 4.20. The van der Waals surface area contributed by atoms with Gasteiger partial charge in [-0.05, 0) is 48.4 Å². The van der Waals surface area contributed by atoms with E-state index < -0.39 is 0 Å². The number of carbonyl (C=O) groups is 1. The molecule has 2 aromatic rings. The summed E-state index contributed by atoms with van der Waals surface area (Å²) in [6.45, 7) is 1.46. The Labute approximate surface area is 151 Å². The second kappa shape index (κ2) is 5.40. The molecular weight excluding hydrogens is 336 g/mol. The average Bonchev–Trinajstić information content (AvgIpc) is 3.30. The van der Waals surface area contributed by atoms with Gasteiger partial charge in [0.05, 0.1) is 13.0 Å². The number of anilines is 3. The molecule has 2 atom stereocenters. The van der Waals surface area contributed by atoms with Crippen molar-refractivity contribution in [1.29, 1.82) is 0 Å². The molecule has 1 saturated carbocycles. The molecule has 2 heterocycles. The van der Waals surface area contributed by atoms with E-state index in [1.54, 1.807) is 0 Å². The first kappa shape index (κ1) is 15.1. The highest BCUT2D eigenvalue weighted by molar-refractivity contribution is 6.30. The molecule has 1 saturated heterocycles. The molecule has 3 aliphatic rings. The lowest BCUT2D eigenvalue weighted by molar-refractivity contribution is -0.146. The number of fused-ring (bicyclic) bond motifs is 3. The molecule has 0 radical (unpaired) electrons. The Balaban J connectivity index is 1.41. The third-order valence-corrected chi connectivity index (χ3v) is 5.86. The van der Waals surface area contributed by atoms with Crippen LogP contribution in [-0.4, -0.2) is 32.2 Å². The predicted molar refractivity (Wildman–Crippen MR) is 98.9 cm³/mol. The first-order valence-corrected chi connectivity index (χ1v) is 9.05. The highest BCUT2D eigenvalue weighted by Crippen LogP contribution is 2.59. The van der Waals surface area contributed by atoms with Crippen molar-refractivity contribution in [1.82, 2.24) is 0 Å². The van der Waals surface area contributed by atoms with Crippen LogP contribution in [0, 0.1) is 5.92 Å². The SMILES string of the molecule is COC(=O)C1CN(c2cccc(N3c4ccc(Cl)cc4C4CC43)c2)C1. The van der Waals surface area contributed by atoms with Gasteiger partial charge in [0.2, 0.25) is 0 Å². The maximum Gasteiger partial charge on any atom is 0.312 e. The molecule has 0 amide bonds. The topological polar surface area (TPSA) is 32.8 Å². The number of halogens is 1. The minimum atomic E-state index is -0.112. The van der Waals surface area contributed by atoms with E-state index >= 15 is 0 Å². The van der Waals surface area contributed by atoms with E-state index in [0.717, 1.165) is 23.8 Å². The zero-order valence-corrected chi connectivity index (χ0v) is 14.7. The van der Waals surface area contributed by atoms with Crippen molar-refractivity contribution < 1.29 is 9.53 Å². The fraction of sp³-hybridized carbons (Fsp3) is 0.350. The van der Waals surface area contributed by atoms with Crippen LogP contribution in [0.4, 0.5) is 17.1 Å². The number of carbonyl (C=O) groups excluding carboxylic acids is 1. The molecule has 128 valence electrons. The van der Waals surface area contributed by atoms with Gasteiger partial charge < -0.3 is 14.5 Å². The Kier molecular flexibility index (Phi) is 3.26. The van der Waals surface area contributed by atoms with Crippen LogP contribution < -0.4 is 9.80 Å². The number of esters is 1. The molecule has 2 fully saturated rings. The molecule has 5 rings (SSSR count). The Morgan fingerprint density at radius 3 is 2.76 bits per heavy atom. The molecule has 0 spiro atoms. The van der Waals surface area contributed by atoms with E-state index in [2.05, 4.69) is 46.2 Å². The second-order valence-electron chi connectivity index (χ2n) is 7.13. The third kappa shape index (κ3) is 2.31. The summed E-state index contributed by atoms with van der Waals surface area (Å²) >= 11 is 6.18. The van der Waals surface area contributed by atoms with Crippen LogP contribution in [0.3, 0.4) is 0 Å². The first-order valence-electron chi connectivity index (χ1n) is 8.67. The Bertz CT molecular complexity index is 863. The number of ether oxygens (including phenoxy) is 1. The zero-order chi connectivity index (χ0) is 17.1. The molecule has 5 heteroatoms. The predicted octanol–water partition coefficient (Wildman–Crippen LogP) is 3.96. The van der Waals surface area contributed by atoms with Gasteiger partial charge in [-0.25, -0.2) is 0 Å². The highest BCUT2D eigenvalue weighted by atomic mass is 35.5. The minimum Gasteiger partial charge on any atom is -0.469 e. The van der Waals surface area contributed by atoms with Crippen LogP contribution in [0.15, 0.2) is 42.5 Å². The molecule has 2 aromatic carbocycles. The van der Waals surface area contributed by atoms with Crippen molar-refractivity contribution in [3.63, 3.8) is 0 Å². The lowest BCUT2D eigenvalue weighted by atomic mass is 9.99. The Hall–Kier alpha value is -2.20. The van der Waals surface area contributed by atoms with Crippen LogP contribution in [0.5, 0.6) is 0 Å². The van der Waals surface area contributed by atoms with Gasteiger partial charge in [0.1, 0.15) is 0 Å². The summed E-state index contributed by atoms with van der Waals surface area (Å²) in [4.78, 5) is 16.3. The Morgan fingerprint density at radius 1 is 1.16 bits per heavy atom. The summed E-state index contributed by atoms with van der Waals surface area (Å²) in [6, 6.07) is 15.4. The van der Waals surface area contributed by atoms with E-state index in [0.29, 0.717) is 12.0 Å². The summed E-state index contributed by atoms with van der Waals surface area (Å²) in [5.41, 5.74) is 5.03. The van der Waals surface area contributed by atoms with Gasteiger partial charge in [-0.3, -0.25) is 4.79 Å². The van der Waals surface area contributed by atoms with Crippen molar-refractivity contribution in [3.8, 4) is 0 Å². The monoisotopic (exact) mass is 354 g/mol. The standard InChI is InChI=1S/C20H19ClN2O2/c1-25-20(24)12-10-22(11-12)14-3-2-4-15(8-14)23-18-6-5-13(21)7-16(18)17-9-19(17)23/h2-8,12,17,19H,9-11H2,1H3. The lowest BCUT2D eigenvalue weighted by Gasteiger charge is -2.39. The van der Waals surface area contributed by atoms with Gasteiger partial charge in [0, 0.05) is 47.1 Å². The lowest BCUT2D eigenvalue weighted by Crippen LogP contribution is -2.50. The molecule has 4 nitrogen and oxygen atoms in total. The summed E-state index contributed by atoms with van der Waals surface area (Å²) in [7, 11) is 1.45. The zero-order valence-electron chi connectivity index (χ0n) is 14.0. The van der Waals surface area contributed by atoms with Crippen molar-refractivity contribution in [2.24, 2.45) is 5.92 Å². The molecule has 0 bridgehead atoms. The van der Waals surface area contributed by atoms with Crippen LogP contribution in [0.1, 0.15) is 17.9 Å². The van der Waals surface area contributed by atoms with Crippen molar-refractivity contribution in [2.75, 3.05) is 30.0 Å². The quantitative estimate of drug-likeness (QED) is 0.781. The molecule has 1 aliphatic carbocycles. The van der Waals surface area contributed by atoms with Gasteiger partial charge in [0.15, 0.2) is 0 Å². The minimum absolute atomic E-state index is 0.00359. The molecule has 2 aliphatic heterocycles. The van der Waals surface area contributed by atoms with Gasteiger partial charge in [-0.1, -0.05) is 17.7 Å². The molecule has 0 N–H and O–H groups in total. The highest BCUT2D eigenvalue weighted by Gasteiger charge is 2.51. The number of nitrogens with zero attached hydrogens (tertiary/aromatic N) is 2. The van der Waals surface area contributed by atoms with Crippen LogP contribution in [0.25, 0.3) is 0 Å². The number of rotatable bonds is 3. The van der Waals surface area contributed by atoms with E-state index in [1.807, 2.05) is 6.07 Å². The second-order valence-corrected chi connectivity index (χ2v) is 7.56. The maximum atomic E-state index is 11.6. The largest absolute Gasteiger partial charge is 0.469 e. The third-order valence-electron chi connectivity index (χ3n) is 5.63. The van der Waals surface area contributed by atoms with Gasteiger partial charge in [-0.15, -0.1) is 0 Å². The van der Waals surface area contributed by atoms with Crippen LogP contribution >= 0.6 is 11.6 Å². The van der Waals surface area contributed by atoms with Crippen molar-refractivity contribution in [3.05, 3.63) is 53.1 Å². The Morgan fingerprint density at radius 2 is 1.96 bits per heavy atom. The smallest absolute Gasteiger partial charge is 0.312 e. The summed E-state index contributed by atoms with van der Waals surface area (Å²) in [5.74, 6) is 0.500. The van der Waals surface area contributed by atoms with Crippen LogP contribution in [-0.2, 0) is 9.53 Å². The molecular formula is C20H19ClN2O2. The average molecular weight is 355 g/mol. The maximum absolute atomic E-state index is 11.6. The fourth-order valence-corrected chi connectivity index (χ4v) is 4.38. The van der Waals surface area contributed by atoms with E-state index in [9.17, 15) is 4.79 Å². The number of methoxy groups -OCH3 is 1.